The van der Waals surface area contributed by atoms with Crippen molar-refractivity contribution >= 4 is 35.1 Å². The highest BCUT2D eigenvalue weighted by atomic mass is 35.5. The number of carbonyl (C=O) groups excluding carboxylic acids is 1. The molecule has 0 atom stereocenters. The summed E-state index contributed by atoms with van der Waals surface area (Å²) < 4.78 is 5.30. The molecule has 1 N–H and O–H groups in total. The van der Waals surface area contributed by atoms with Gasteiger partial charge in [-0.3, -0.25) is 9.59 Å². The molecule has 0 bridgehead atoms. The van der Waals surface area contributed by atoms with Gasteiger partial charge in [-0.15, -0.1) is 0 Å². The summed E-state index contributed by atoms with van der Waals surface area (Å²) in [4.78, 5) is 23.5. The molecule has 20 heavy (non-hydrogen) atoms. The van der Waals surface area contributed by atoms with E-state index in [1.807, 2.05) is 0 Å². The van der Waals surface area contributed by atoms with E-state index >= 15 is 0 Å². The van der Waals surface area contributed by atoms with Crippen LogP contribution in [0.1, 0.15) is 12.8 Å². The number of rotatable bonds is 7. The van der Waals surface area contributed by atoms with Crippen molar-refractivity contribution in [3.8, 4) is 5.75 Å². The molecule has 0 fully saturated rings. The molecule has 0 unspecified atom stereocenters. The minimum atomic E-state index is -0.879. The van der Waals surface area contributed by atoms with Crippen molar-refractivity contribution in [2.45, 2.75) is 12.8 Å². The molecule has 0 heterocycles. The molecule has 0 aliphatic rings. The van der Waals surface area contributed by atoms with Crippen LogP contribution in [0.4, 0.5) is 0 Å². The first-order valence-electron chi connectivity index (χ1n) is 5.93. The van der Waals surface area contributed by atoms with Crippen LogP contribution < -0.4 is 4.74 Å². The summed E-state index contributed by atoms with van der Waals surface area (Å²) in [6.45, 7) is 0.213. The van der Waals surface area contributed by atoms with Crippen LogP contribution in [-0.2, 0) is 9.59 Å². The first kappa shape index (κ1) is 16.6. The second kappa shape index (κ2) is 7.97. The molecule has 1 rings (SSSR count). The van der Waals surface area contributed by atoms with E-state index in [0.717, 1.165) is 0 Å². The monoisotopic (exact) mass is 319 g/mol. The topological polar surface area (TPSA) is 66.8 Å². The number of likely N-dealkylation sites (N-methyl/N-ethyl adjacent to an activating group) is 1. The molecule has 0 spiro atoms. The number of hydrogen-bond acceptors (Lipinski definition) is 3. The average molecular weight is 320 g/mol. The Bertz CT molecular complexity index is 473. The van der Waals surface area contributed by atoms with E-state index in [9.17, 15) is 9.59 Å². The quantitative estimate of drug-likeness (QED) is 0.839. The second-order valence-electron chi connectivity index (χ2n) is 4.21. The fourth-order valence-electron chi connectivity index (χ4n) is 1.46. The fraction of sp³-hybridized carbons (Fsp3) is 0.385. The van der Waals surface area contributed by atoms with Crippen LogP contribution in [0.2, 0.25) is 10.0 Å². The van der Waals surface area contributed by atoms with Crippen molar-refractivity contribution in [2.24, 2.45) is 0 Å². The molecule has 0 saturated heterocycles. The lowest BCUT2D eigenvalue weighted by Crippen LogP contribution is -2.32. The van der Waals surface area contributed by atoms with Gasteiger partial charge in [-0.05, 0) is 24.6 Å². The Morgan fingerprint density at radius 2 is 1.85 bits per heavy atom. The minimum Gasteiger partial charge on any atom is -0.484 e. The molecule has 0 saturated carbocycles. The van der Waals surface area contributed by atoms with E-state index in [-0.39, 0.29) is 18.9 Å². The van der Waals surface area contributed by atoms with E-state index in [4.69, 9.17) is 33.0 Å². The van der Waals surface area contributed by atoms with Crippen LogP contribution in [0.15, 0.2) is 18.2 Å². The lowest BCUT2D eigenvalue weighted by atomic mass is 10.3. The number of carbonyl (C=O) groups is 2. The van der Waals surface area contributed by atoms with Crippen LogP contribution in [-0.4, -0.2) is 42.1 Å². The Balaban J connectivity index is 2.40. The highest BCUT2D eigenvalue weighted by Gasteiger charge is 2.10. The first-order valence-corrected chi connectivity index (χ1v) is 6.68. The van der Waals surface area contributed by atoms with E-state index in [2.05, 4.69) is 0 Å². The van der Waals surface area contributed by atoms with Crippen molar-refractivity contribution in [2.75, 3.05) is 20.2 Å². The number of benzene rings is 1. The molecule has 0 aliphatic heterocycles. The predicted octanol–water partition coefficient (Wildman–Crippen LogP) is 2.70. The standard InChI is InChI=1S/C13H15Cl2NO4/c1-16(4-2-3-13(18)19)12(17)8-20-11-6-9(14)5-10(15)7-11/h5-7H,2-4,8H2,1H3,(H,18,19). The molecule has 5 nitrogen and oxygen atoms in total. The number of halogens is 2. The van der Waals surface area contributed by atoms with Crippen LogP contribution >= 0.6 is 23.2 Å². The third-order valence-electron chi connectivity index (χ3n) is 2.51. The maximum atomic E-state index is 11.7. The molecule has 0 radical (unpaired) electrons. The van der Waals surface area contributed by atoms with Crippen LogP contribution in [0.5, 0.6) is 5.75 Å². The summed E-state index contributed by atoms with van der Waals surface area (Å²) in [6.07, 6.45) is 0.433. The van der Waals surface area contributed by atoms with Gasteiger partial charge in [0.2, 0.25) is 0 Å². The molecular weight excluding hydrogens is 305 g/mol. The number of carboxylic acid groups (broad SMARTS) is 1. The van der Waals surface area contributed by atoms with E-state index in [0.29, 0.717) is 28.8 Å². The van der Waals surface area contributed by atoms with Gasteiger partial charge in [-0.1, -0.05) is 23.2 Å². The number of ether oxygens (including phenoxy) is 1. The number of carboxylic acids is 1. The van der Waals surface area contributed by atoms with Gasteiger partial charge in [0.05, 0.1) is 0 Å². The second-order valence-corrected chi connectivity index (χ2v) is 5.08. The van der Waals surface area contributed by atoms with Gasteiger partial charge >= 0.3 is 5.97 Å². The van der Waals surface area contributed by atoms with Crippen LogP contribution in [0, 0.1) is 0 Å². The third-order valence-corrected chi connectivity index (χ3v) is 2.94. The Morgan fingerprint density at radius 1 is 1.25 bits per heavy atom. The van der Waals surface area contributed by atoms with Crippen molar-refractivity contribution in [3.63, 3.8) is 0 Å². The molecule has 7 heteroatoms. The highest BCUT2D eigenvalue weighted by Crippen LogP contribution is 2.24. The number of hydrogen-bond donors (Lipinski definition) is 1. The summed E-state index contributed by atoms with van der Waals surface area (Å²) in [6, 6.07) is 4.69. The van der Waals surface area contributed by atoms with Gasteiger partial charge in [-0.25, -0.2) is 0 Å². The van der Waals surface area contributed by atoms with Crippen molar-refractivity contribution in [1.29, 1.82) is 0 Å². The van der Waals surface area contributed by atoms with Crippen molar-refractivity contribution < 1.29 is 19.4 Å². The number of nitrogens with zero attached hydrogens (tertiary/aromatic N) is 1. The lowest BCUT2D eigenvalue weighted by Gasteiger charge is -2.17. The summed E-state index contributed by atoms with van der Waals surface area (Å²) in [5.41, 5.74) is 0. The van der Waals surface area contributed by atoms with E-state index in [1.54, 1.807) is 25.2 Å². The predicted molar refractivity (Wildman–Crippen MR) is 76.5 cm³/mol. The maximum absolute atomic E-state index is 11.7. The summed E-state index contributed by atoms with van der Waals surface area (Å²) >= 11 is 11.6. The van der Waals surface area contributed by atoms with Gasteiger partial charge in [-0.2, -0.15) is 0 Å². The summed E-state index contributed by atoms with van der Waals surface area (Å²) in [7, 11) is 1.60. The molecule has 1 amide bonds. The summed E-state index contributed by atoms with van der Waals surface area (Å²) in [5, 5.41) is 9.37. The molecule has 0 aliphatic carbocycles. The van der Waals surface area contributed by atoms with Crippen molar-refractivity contribution in [3.05, 3.63) is 28.2 Å². The molecular formula is C13H15Cl2NO4. The normalized spacial score (nSPS) is 10.2. The number of aliphatic carboxylic acids is 1. The van der Waals surface area contributed by atoms with Gasteiger partial charge in [0.15, 0.2) is 6.61 Å². The molecule has 1 aromatic rings. The zero-order chi connectivity index (χ0) is 15.1. The molecule has 0 aromatic heterocycles. The Kier molecular flexibility index (Phi) is 6.61. The fourth-order valence-corrected chi connectivity index (χ4v) is 1.97. The Hall–Kier alpha value is -1.46. The van der Waals surface area contributed by atoms with Crippen LogP contribution in [0.3, 0.4) is 0 Å². The zero-order valence-electron chi connectivity index (χ0n) is 10.9. The molecule has 110 valence electrons. The van der Waals surface area contributed by atoms with Gasteiger partial charge in [0, 0.05) is 30.1 Å². The van der Waals surface area contributed by atoms with Crippen molar-refractivity contribution in [1.82, 2.24) is 4.90 Å². The Morgan fingerprint density at radius 3 is 2.40 bits per heavy atom. The van der Waals surface area contributed by atoms with Gasteiger partial charge < -0.3 is 14.7 Å². The zero-order valence-corrected chi connectivity index (χ0v) is 12.4. The highest BCUT2D eigenvalue weighted by molar-refractivity contribution is 6.34. The molecule has 1 aromatic carbocycles. The first-order chi connectivity index (χ1) is 9.38. The largest absolute Gasteiger partial charge is 0.484 e. The Labute approximate surface area is 127 Å². The third kappa shape index (κ3) is 6.12. The van der Waals surface area contributed by atoms with Gasteiger partial charge in [0.25, 0.3) is 5.91 Å². The maximum Gasteiger partial charge on any atom is 0.303 e. The lowest BCUT2D eigenvalue weighted by molar-refractivity contribution is -0.138. The average Bonchev–Trinajstić information content (AvgIpc) is 2.34. The SMILES string of the molecule is CN(CCCC(=O)O)C(=O)COc1cc(Cl)cc(Cl)c1. The van der Waals surface area contributed by atoms with Gasteiger partial charge in [0.1, 0.15) is 5.75 Å². The van der Waals surface area contributed by atoms with E-state index in [1.165, 1.54) is 4.90 Å². The minimum absolute atomic E-state index is 0.0301. The number of amides is 1. The van der Waals surface area contributed by atoms with Crippen LogP contribution in [0.25, 0.3) is 0 Å². The smallest absolute Gasteiger partial charge is 0.303 e. The van der Waals surface area contributed by atoms with E-state index < -0.39 is 5.97 Å². The summed E-state index contributed by atoms with van der Waals surface area (Å²) in [5.74, 6) is -0.711.